The van der Waals surface area contributed by atoms with Gasteiger partial charge in [0.2, 0.25) is 5.91 Å². The predicted octanol–water partition coefficient (Wildman–Crippen LogP) is 1.00. The molecule has 2 aromatic rings. The van der Waals surface area contributed by atoms with Crippen molar-refractivity contribution in [2.45, 2.75) is 19.9 Å². The van der Waals surface area contributed by atoms with Gasteiger partial charge in [0.15, 0.2) is 0 Å². The molecule has 2 rings (SSSR count). The van der Waals surface area contributed by atoms with E-state index in [2.05, 4.69) is 20.1 Å². The first-order chi connectivity index (χ1) is 9.56. The Morgan fingerprint density at radius 2 is 2.30 bits per heavy atom. The molecule has 0 atom stereocenters. The molecule has 2 heterocycles. The van der Waals surface area contributed by atoms with Crippen molar-refractivity contribution < 1.29 is 14.3 Å². The number of anilines is 1. The summed E-state index contributed by atoms with van der Waals surface area (Å²) in [6, 6.07) is 0. The Morgan fingerprint density at radius 3 is 2.95 bits per heavy atom. The molecule has 0 radical (unpaired) electrons. The lowest BCUT2D eigenvalue weighted by atomic mass is 10.3. The molecule has 8 heteroatoms. The van der Waals surface area contributed by atoms with Crippen LogP contribution in [-0.2, 0) is 27.3 Å². The number of aryl methyl sites for hydroxylation is 1. The molecule has 0 unspecified atom stereocenters. The van der Waals surface area contributed by atoms with Crippen LogP contribution < -0.4 is 5.32 Å². The number of methoxy groups -OCH3 is 1. The van der Waals surface area contributed by atoms with Gasteiger partial charge < -0.3 is 10.1 Å². The molecule has 0 aliphatic carbocycles. The Balaban J connectivity index is 1.89. The molecule has 106 valence electrons. The van der Waals surface area contributed by atoms with E-state index in [9.17, 15) is 9.59 Å². The van der Waals surface area contributed by atoms with Gasteiger partial charge in [-0.15, -0.1) is 11.3 Å². The third-order valence-corrected chi connectivity index (χ3v) is 3.27. The van der Waals surface area contributed by atoms with E-state index in [1.54, 1.807) is 6.20 Å². The maximum absolute atomic E-state index is 11.8. The molecule has 0 saturated carbocycles. The highest BCUT2D eigenvalue weighted by Gasteiger charge is 2.09. The van der Waals surface area contributed by atoms with Crippen molar-refractivity contribution in [3.8, 4) is 0 Å². The monoisotopic (exact) mass is 294 g/mol. The van der Waals surface area contributed by atoms with E-state index < -0.39 is 5.97 Å². The maximum atomic E-state index is 11.8. The average Bonchev–Trinajstić information content (AvgIpc) is 2.99. The second-order valence-electron chi connectivity index (χ2n) is 4.09. The lowest BCUT2D eigenvalue weighted by Crippen LogP contribution is -2.14. The lowest BCUT2D eigenvalue weighted by molar-refractivity contribution is -0.141. The van der Waals surface area contributed by atoms with Gasteiger partial charge in [0.05, 0.1) is 36.1 Å². The Hall–Kier alpha value is -2.22. The fraction of sp³-hybridized carbons (Fsp3) is 0.333. The molecule has 1 amide bonds. The predicted molar refractivity (Wildman–Crippen MR) is 73.4 cm³/mol. The quantitative estimate of drug-likeness (QED) is 0.831. The first kappa shape index (κ1) is 14.2. The van der Waals surface area contributed by atoms with E-state index >= 15 is 0 Å². The summed E-state index contributed by atoms with van der Waals surface area (Å²) in [7, 11) is 1.31. The number of carbonyl (C=O) groups excluding carboxylic acids is 2. The molecule has 0 aliphatic rings. The number of ether oxygens (including phenoxy) is 1. The highest BCUT2D eigenvalue weighted by Crippen LogP contribution is 2.10. The molecule has 20 heavy (non-hydrogen) atoms. The zero-order valence-corrected chi connectivity index (χ0v) is 11.9. The molecule has 0 fully saturated rings. The van der Waals surface area contributed by atoms with Gasteiger partial charge in [0.1, 0.15) is 6.54 Å². The molecule has 0 aliphatic heterocycles. The van der Waals surface area contributed by atoms with Gasteiger partial charge in [-0.2, -0.15) is 5.10 Å². The topological polar surface area (TPSA) is 86.1 Å². The fourth-order valence-corrected chi connectivity index (χ4v) is 2.18. The number of esters is 1. The summed E-state index contributed by atoms with van der Waals surface area (Å²) in [6.45, 7) is 1.90. The van der Waals surface area contributed by atoms with E-state index in [0.717, 1.165) is 10.7 Å². The average molecular weight is 294 g/mol. The Labute approximate surface area is 119 Å². The Morgan fingerprint density at radius 1 is 1.50 bits per heavy atom. The van der Waals surface area contributed by atoms with Crippen LogP contribution in [0.15, 0.2) is 17.8 Å². The van der Waals surface area contributed by atoms with Gasteiger partial charge in [-0.25, -0.2) is 4.98 Å². The maximum Gasteiger partial charge on any atom is 0.327 e. The zero-order chi connectivity index (χ0) is 14.5. The number of aromatic nitrogens is 3. The van der Waals surface area contributed by atoms with Crippen molar-refractivity contribution in [3.63, 3.8) is 0 Å². The largest absolute Gasteiger partial charge is 0.468 e. The normalized spacial score (nSPS) is 10.3. The number of carbonyl (C=O) groups is 2. The highest BCUT2D eigenvalue weighted by atomic mass is 32.1. The molecule has 0 spiro atoms. The van der Waals surface area contributed by atoms with Crippen molar-refractivity contribution in [3.05, 3.63) is 28.5 Å². The van der Waals surface area contributed by atoms with Crippen LogP contribution in [0.25, 0.3) is 0 Å². The number of rotatable bonds is 5. The van der Waals surface area contributed by atoms with Crippen molar-refractivity contribution in [2.24, 2.45) is 0 Å². The minimum absolute atomic E-state index is 0.0116. The van der Waals surface area contributed by atoms with Crippen LogP contribution in [0.5, 0.6) is 0 Å². The van der Waals surface area contributed by atoms with Gasteiger partial charge in [-0.05, 0) is 6.92 Å². The number of hydrogen-bond donors (Lipinski definition) is 1. The van der Waals surface area contributed by atoms with Crippen LogP contribution in [0.2, 0.25) is 0 Å². The van der Waals surface area contributed by atoms with Gasteiger partial charge in [0.25, 0.3) is 0 Å². The molecule has 1 N–H and O–H groups in total. The third kappa shape index (κ3) is 3.89. The fourth-order valence-electron chi connectivity index (χ4n) is 1.57. The standard InChI is InChI=1S/C12H14N4O3S/c1-8-14-9(7-20-8)3-11(17)15-10-4-13-16(5-10)6-12(18)19-2/h4-5,7H,3,6H2,1-2H3,(H,15,17). The van der Waals surface area contributed by atoms with Crippen molar-refractivity contribution in [1.29, 1.82) is 0 Å². The summed E-state index contributed by atoms with van der Waals surface area (Å²) >= 11 is 1.51. The molecule has 7 nitrogen and oxygen atoms in total. The summed E-state index contributed by atoms with van der Waals surface area (Å²) in [5.41, 5.74) is 1.28. The zero-order valence-electron chi connectivity index (χ0n) is 11.1. The lowest BCUT2D eigenvalue weighted by Gasteiger charge is -2.00. The summed E-state index contributed by atoms with van der Waals surface area (Å²) in [5, 5.41) is 9.44. The number of hydrogen-bond acceptors (Lipinski definition) is 6. The van der Waals surface area contributed by atoms with E-state index in [-0.39, 0.29) is 18.9 Å². The Bertz CT molecular complexity index is 620. The SMILES string of the molecule is COC(=O)Cn1cc(NC(=O)Cc2csc(C)n2)cn1. The van der Waals surface area contributed by atoms with Crippen molar-refractivity contribution >= 4 is 28.9 Å². The number of nitrogens with one attached hydrogen (secondary N) is 1. The smallest absolute Gasteiger partial charge is 0.327 e. The van der Waals surface area contributed by atoms with E-state index in [1.807, 2.05) is 12.3 Å². The molecule has 0 aromatic carbocycles. The van der Waals surface area contributed by atoms with Gasteiger partial charge in [-0.3, -0.25) is 14.3 Å². The van der Waals surface area contributed by atoms with Crippen LogP contribution >= 0.6 is 11.3 Å². The minimum Gasteiger partial charge on any atom is -0.468 e. The van der Waals surface area contributed by atoms with Crippen LogP contribution in [0.1, 0.15) is 10.7 Å². The molecule has 2 aromatic heterocycles. The van der Waals surface area contributed by atoms with Gasteiger partial charge >= 0.3 is 5.97 Å². The summed E-state index contributed by atoms with van der Waals surface area (Å²) < 4.78 is 5.93. The number of nitrogens with zero attached hydrogens (tertiary/aromatic N) is 3. The second-order valence-corrected chi connectivity index (χ2v) is 5.15. The summed E-state index contributed by atoms with van der Waals surface area (Å²) in [5.74, 6) is -0.572. The minimum atomic E-state index is -0.399. The first-order valence-corrected chi connectivity index (χ1v) is 6.75. The van der Waals surface area contributed by atoms with Gasteiger partial charge in [-0.1, -0.05) is 0 Å². The third-order valence-electron chi connectivity index (χ3n) is 2.44. The van der Waals surface area contributed by atoms with Crippen LogP contribution in [0.3, 0.4) is 0 Å². The molecular weight excluding hydrogens is 280 g/mol. The highest BCUT2D eigenvalue weighted by molar-refractivity contribution is 7.09. The number of amides is 1. The first-order valence-electron chi connectivity index (χ1n) is 5.87. The summed E-state index contributed by atoms with van der Waals surface area (Å²) in [4.78, 5) is 27.1. The van der Waals surface area contributed by atoms with E-state index in [4.69, 9.17) is 0 Å². The molecule has 0 saturated heterocycles. The van der Waals surface area contributed by atoms with Gasteiger partial charge in [0, 0.05) is 11.6 Å². The second kappa shape index (κ2) is 6.29. The number of thiazole rings is 1. The van der Waals surface area contributed by atoms with Crippen molar-refractivity contribution in [1.82, 2.24) is 14.8 Å². The molecule has 0 bridgehead atoms. The van der Waals surface area contributed by atoms with E-state index in [1.165, 1.54) is 29.3 Å². The van der Waals surface area contributed by atoms with Crippen LogP contribution in [-0.4, -0.2) is 33.8 Å². The Kier molecular flexibility index (Phi) is 4.46. The van der Waals surface area contributed by atoms with Crippen LogP contribution in [0, 0.1) is 6.92 Å². The molecular formula is C12H14N4O3S. The van der Waals surface area contributed by atoms with Crippen molar-refractivity contribution in [2.75, 3.05) is 12.4 Å². The summed E-state index contributed by atoms with van der Waals surface area (Å²) in [6.07, 6.45) is 3.26. The van der Waals surface area contributed by atoms with Crippen LogP contribution in [0.4, 0.5) is 5.69 Å². The van der Waals surface area contributed by atoms with E-state index in [0.29, 0.717) is 5.69 Å².